The van der Waals surface area contributed by atoms with Crippen LogP contribution in [0.5, 0.6) is 0 Å². The molecule has 0 unspecified atom stereocenters. The number of anilines is 2. The van der Waals surface area contributed by atoms with Crippen molar-refractivity contribution in [1.29, 1.82) is 0 Å². The van der Waals surface area contributed by atoms with Gasteiger partial charge in [0.25, 0.3) is 10.0 Å². The SMILES string of the molecule is CCOC(=O)c1c(NS(=O)(=O)c2ccc3c(c2)CCN3C(=O)C2CC2)sc2c1CCCC2. The Kier molecular flexibility index (Phi) is 5.49. The van der Waals surface area contributed by atoms with Crippen LogP contribution in [0.3, 0.4) is 0 Å². The van der Waals surface area contributed by atoms with Crippen LogP contribution in [-0.4, -0.2) is 33.4 Å². The molecule has 0 spiro atoms. The predicted molar refractivity (Wildman–Crippen MR) is 123 cm³/mol. The number of esters is 1. The van der Waals surface area contributed by atoms with Crippen LogP contribution in [0.1, 0.15) is 59.0 Å². The molecule has 1 aliphatic heterocycles. The second-order valence-electron chi connectivity index (χ2n) is 8.55. The first kappa shape index (κ1) is 21.5. The summed E-state index contributed by atoms with van der Waals surface area (Å²) in [6.07, 6.45) is 6.12. The lowest BCUT2D eigenvalue weighted by Crippen LogP contribution is -2.30. The van der Waals surface area contributed by atoms with Crippen molar-refractivity contribution in [3.8, 4) is 0 Å². The summed E-state index contributed by atoms with van der Waals surface area (Å²) < 4.78 is 34.4. The Balaban J connectivity index is 1.45. The number of fused-ring (bicyclic) bond motifs is 2. The van der Waals surface area contributed by atoms with Gasteiger partial charge in [0.2, 0.25) is 5.91 Å². The summed E-state index contributed by atoms with van der Waals surface area (Å²) in [7, 11) is -3.90. The van der Waals surface area contributed by atoms with E-state index in [1.54, 1.807) is 24.0 Å². The second-order valence-corrected chi connectivity index (χ2v) is 11.3. The number of nitrogens with one attached hydrogen (secondary N) is 1. The van der Waals surface area contributed by atoms with Gasteiger partial charge >= 0.3 is 5.97 Å². The molecule has 9 heteroatoms. The number of hydrogen-bond acceptors (Lipinski definition) is 6. The van der Waals surface area contributed by atoms with Crippen molar-refractivity contribution < 1.29 is 22.7 Å². The third kappa shape index (κ3) is 3.81. The summed E-state index contributed by atoms with van der Waals surface area (Å²) >= 11 is 1.33. The highest BCUT2D eigenvalue weighted by Gasteiger charge is 2.37. The summed E-state index contributed by atoms with van der Waals surface area (Å²) in [4.78, 5) is 28.1. The van der Waals surface area contributed by atoms with Gasteiger partial charge in [0.05, 0.1) is 17.1 Å². The van der Waals surface area contributed by atoms with Gasteiger partial charge in [0, 0.05) is 23.0 Å². The summed E-state index contributed by atoms with van der Waals surface area (Å²) in [5, 5.41) is 0.335. The van der Waals surface area contributed by atoms with Crippen molar-refractivity contribution in [2.24, 2.45) is 5.92 Å². The number of amides is 1. The zero-order valence-electron chi connectivity index (χ0n) is 18.0. The van der Waals surface area contributed by atoms with E-state index in [0.29, 0.717) is 23.5 Å². The van der Waals surface area contributed by atoms with Gasteiger partial charge in [-0.25, -0.2) is 13.2 Å². The van der Waals surface area contributed by atoms with Gasteiger partial charge in [-0.05, 0) is 81.2 Å². The molecular formula is C23H26N2O5S2. The Hall–Kier alpha value is -2.39. The van der Waals surface area contributed by atoms with E-state index in [0.717, 1.165) is 60.2 Å². The van der Waals surface area contributed by atoms with E-state index in [2.05, 4.69) is 4.72 Å². The fourth-order valence-electron chi connectivity index (χ4n) is 4.56. The van der Waals surface area contributed by atoms with Gasteiger partial charge in [-0.2, -0.15) is 0 Å². The smallest absolute Gasteiger partial charge is 0.341 e. The van der Waals surface area contributed by atoms with Crippen LogP contribution in [0, 0.1) is 5.92 Å². The lowest BCUT2D eigenvalue weighted by molar-refractivity contribution is -0.119. The normalized spacial score (nSPS) is 17.6. The minimum atomic E-state index is -3.90. The summed E-state index contributed by atoms with van der Waals surface area (Å²) in [6.45, 7) is 2.56. The van der Waals surface area contributed by atoms with Crippen LogP contribution in [0.4, 0.5) is 10.7 Å². The van der Waals surface area contributed by atoms with Gasteiger partial charge in [-0.3, -0.25) is 9.52 Å². The molecule has 2 aromatic rings. The number of nitrogens with zero attached hydrogens (tertiary/aromatic N) is 1. The molecule has 7 nitrogen and oxygen atoms in total. The molecule has 1 aromatic carbocycles. The van der Waals surface area contributed by atoms with Gasteiger partial charge in [0.15, 0.2) is 0 Å². The lowest BCUT2D eigenvalue weighted by Gasteiger charge is -2.17. The van der Waals surface area contributed by atoms with Crippen molar-refractivity contribution >= 4 is 43.9 Å². The van der Waals surface area contributed by atoms with Crippen LogP contribution >= 0.6 is 11.3 Å². The first-order chi connectivity index (χ1) is 15.4. The lowest BCUT2D eigenvalue weighted by atomic mass is 9.95. The Morgan fingerprint density at radius 1 is 1.19 bits per heavy atom. The Labute approximate surface area is 191 Å². The number of sulfonamides is 1. The first-order valence-electron chi connectivity index (χ1n) is 11.2. The average molecular weight is 475 g/mol. The summed E-state index contributed by atoms with van der Waals surface area (Å²) in [5.41, 5.74) is 2.94. The average Bonchev–Trinajstić information content (AvgIpc) is 3.43. The number of carbonyl (C=O) groups excluding carboxylic acids is 2. The molecule has 5 rings (SSSR count). The molecule has 1 N–H and O–H groups in total. The number of thiophene rings is 1. The molecule has 0 radical (unpaired) electrons. The standard InChI is InChI=1S/C23H26N2O5S2/c1-2-30-23(27)20-17-5-3-4-6-19(17)31-21(20)24-32(28,29)16-9-10-18-15(13-16)11-12-25(18)22(26)14-7-8-14/h9-10,13-14,24H,2-8,11-12H2,1H3. The molecule has 1 saturated carbocycles. The van der Waals surface area contributed by atoms with Gasteiger partial charge in [0.1, 0.15) is 5.00 Å². The highest BCUT2D eigenvalue weighted by Crippen LogP contribution is 2.40. The monoisotopic (exact) mass is 474 g/mol. The summed E-state index contributed by atoms with van der Waals surface area (Å²) in [6, 6.07) is 4.91. The largest absolute Gasteiger partial charge is 0.462 e. The minimum absolute atomic E-state index is 0.122. The van der Waals surface area contributed by atoms with Crippen LogP contribution < -0.4 is 9.62 Å². The van der Waals surface area contributed by atoms with Crippen LogP contribution in [0.15, 0.2) is 23.1 Å². The molecule has 3 aliphatic rings. The fourth-order valence-corrected chi connectivity index (χ4v) is 7.20. The zero-order chi connectivity index (χ0) is 22.5. The maximum Gasteiger partial charge on any atom is 0.341 e. The fraction of sp³-hybridized carbons (Fsp3) is 0.478. The van der Waals surface area contributed by atoms with E-state index in [9.17, 15) is 18.0 Å². The first-order valence-corrected chi connectivity index (χ1v) is 13.5. The molecule has 2 aliphatic carbocycles. The van der Waals surface area contributed by atoms with E-state index in [-0.39, 0.29) is 23.3 Å². The van der Waals surface area contributed by atoms with Crippen molar-refractivity contribution in [3.05, 3.63) is 39.8 Å². The third-order valence-corrected chi connectivity index (χ3v) is 9.01. The molecule has 2 heterocycles. The molecule has 1 amide bonds. The molecular weight excluding hydrogens is 448 g/mol. The number of ether oxygens (including phenoxy) is 1. The van der Waals surface area contributed by atoms with Crippen LogP contribution in [-0.2, 0) is 38.8 Å². The minimum Gasteiger partial charge on any atom is -0.462 e. The number of hydrogen-bond donors (Lipinski definition) is 1. The molecule has 0 saturated heterocycles. The summed E-state index contributed by atoms with van der Waals surface area (Å²) in [5.74, 6) is -0.217. The van der Waals surface area contributed by atoms with E-state index >= 15 is 0 Å². The highest BCUT2D eigenvalue weighted by atomic mass is 32.2. The molecule has 0 bridgehead atoms. The highest BCUT2D eigenvalue weighted by molar-refractivity contribution is 7.93. The molecule has 1 aromatic heterocycles. The predicted octanol–water partition coefficient (Wildman–Crippen LogP) is 3.90. The van der Waals surface area contributed by atoms with Crippen LogP contribution in [0.2, 0.25) is 0 Å². The van der Waals surface area contributed by atoms with Crippen molar-refractivity contribution in [1.82, 2.24) is 0 Å². The maximum absolute atomic E-state index is 13.2. The Morgan fingerprint density at radius 3 is 2.72 bits per heavy atom. The molecule has 170 valence electrons. The Bertz CT molecular complexity index is 1200. The van der Waals surface area contributed by atoms with E-state index in [1.165, 1.54) is 17.4 Å². The quantitative estimate of drug-likeness (QED) is 0.641. The molecule has 32 heavy (non-hydrogen) atoms. The van der Waals surface area contributed by atoms with Crippen LogP contribution in [0.25, 0.3) is 0 Å². The third-order valence-electron chi connectivity index (χ3n) is 6.33. The van der Waals surface area contributed by atoms with Gasteiger partial charge in [-0.1, -0.05) is 0 Å². The van der Waals surface area contributed by atoms with E-state index in [4.69, 9.17) is 4.74 Å². The number of benzene rings is 1. The van der Waals surface area contributed by atoms with Gasteiger partial charge < -0.3 is 9.64 Å². The van der Waals surface area contributed by atoms with E-state index < -0.39 is 16.0 Å². The molecule has 1 fully saturated rings. The zero-order valence-corrected chi connectivity index (χ0v) is 19.6. The number of aryl methyl sites for hydroxylation is 1. The van der Waals surface area contributed by atoms with Crippen molar-refractivity contribution in [3.63, 3.8) is 0 Å². The number of rotatable bonds is 6. The topological polar surface area (TPSA) is 92.8 Å². The Morgan fingerprint density at radius 2 is 1.97 bits per heavy atom. The second kappa shape index (κ2) is 8.19. The number of carbonyl (C=O) groups is 2. The van der Waals surface area contributed by atoms with Crippen molar-refractivity contribution in [2.75, 3.05) is 22.8 Å². The van der Waals surface area contributed by atoms with E-state index in [1.807, 2.05) is 0 Å². The van der Waals surface area contributed by atoms with Gasteiger partial charge in [-0.15, -0.1) is 11.3 Å². The molecule has 0 atom stereocenters. The van der Waals surface area contributed by atoms with Crippen molar-refractivity contribution in [2.45, 2.75) is 56.8 Å². The maximum atomic E-state index is 13.2.